The van der Waals surface area contributed by atoms with Crippen LogP contribution in [-0.4, -0.2) is 92.5 Å². The second-order valence-corrected chi connectivity index (χ2v) is 11.4. The molecule has 1 saturated heterocycles. The van der Waals surface area contributed by atoms with Crippen molar-refractivity contribution in [3.63, 3.8) is 0 Å². The van der Waals surface area contributed by atoms with E-state index in [1.165, 1.54) is 9.80 Å². The summed E-state index contributed by atoms with van der Waals surface area (Å²) in [5, 5.41) is 2.50. The van der Waals surface area contributed by atoms with Gasteiger partial charge in [0.1, 0.15) is 11.7 Å². The molecule has 0 spiro atoms. The Labute approximate surface area is 234 Å². The summed E-state index contributed by atoms with van der Waals surface area (Å²) < 4.78 is 17.1. The Morgan fingerprint density at radius 1 is 1.00 bits per heavy atom. The van der Waals surface area contributed by atoms with Gasteiger partial charge in [0, 0.05) is 37.4 Å². The van der Waals surface area contributed by atoms with Gasteiger partial charge < -0.3 is 29.6 Å². The molecule has 40 heavy (non-hydrogen) atoms. The zero-order valence-electron chi connectivity index (χ0n) is 23.0. The molecule has 12 nitrogen and oxygen atoms in total. The quantitative estimate of drug-likeness (QED) is 0.255. The van der Waals surface area contributed by atoms with Gasteiger partial charge in [-0.2, -0.15) is 0 Å². The van der Waals surface area contributed by atoms with Crippen LogP contribution in [0, 0.1) is 0 Å². The Morgan fingerprint density at radius 2 is 1.65 bits per heavy atom. The van der Waals surface area contributed by atoms with Crippen LogP contribution in [0.1, 0.15) is 55.7 Å². The SMILES string of the molecule is CCCCOC(=O)N1CCN(C(=O)C(CP(=O)(O)O)NC(=O)c2cc(CCCC)nc(-c3ccccc3)n2)CC1. The summed E-state index contributed by atoms with van der Waals surface area (Å²) >= 11 is 0. The highest BCUT2D eigenvalue weighted by molar-refractivity contribution is 7.51. The Balaban J connectivity index is 1.76. The Hall–Kier alpha value is -3.34. The second-order valence-electron chi connectivity index (χ2n) is 9.69. The van der Waals surface area contributed by atoms with E-state index in [0.29, 0.717) is 30.1 Å². The first-order valence-corrected chi connectivity index (χ1v) is 15.4. The summed E-state index contributed by atoms with van der Waals surface area (Å²) in [7, 11) is -4.68. The van der Waals surface area contributed by atoms with Gasteiger partial charge in [-0.1, -0.05) is 57.0 Å². The highest BCUT2D eigenvalue weighted by Crippen LogP contribution is 2.35. The van der Waals surface area contributed by atoms with E-state index in [1.807, 2.05) is 44.2 Å². The number of nitrogens with one attached hydrogen (secondary N) is 1. The molecule has 2 heterocycles. The van der Waals surface area contributed by atoms with Gasteiger partial charge in [0.2, 0.25) is 5.91 Å². The van der Waals surface area contributed by atoms with Crippen molar-refractivity contribution in [2.75, 3.05) is 38.9 Å². The van der Waals surface area contributed by atoms with E-state index < -0.39 is 37.7 Å². The molecule has 1 unspecified atom stereocenters. The average molecular weight is 576 g/mol. The first kappa shape index (κ1) is 31.2. The van der Waals surface area contributed by atoms with Crippen molar-refractivity contribution >= 4 is 25.5 Å². The molecule has 1 aromatic carbocycles. The summed E-state index contributed by atoms with van der Waals surface area (Å²) in [5.41, 5.74) is 1.37. The average Bonchev–Trinajstić information content (AvgIpc) is 2.95. The fourth-order valence-corrected chi connectivity index (χ4v) is 4.92. The molecule has 3 rings (SSSR count). The van der Waals surface area contributed by atoms with Crippen LogP contribution in [0.4, 0.5) is 4.79 Å². The van der Waals surface area contributed by atoms with Gasteiger partial charge in [-0.05, 0) is 25.3 Å². The van der Waals surface area contributed by atoms with Crippen LogP contribution in [0.15, 0.2) is 36.4 Å². The molecular weight excluding hydrogens is 537 g/mol. The molecule has 13 heteroatoms. The zero-order valence-corrected chi connectivity index (χ0v) is 23.9. The lowest BCUT2D eigenvalue weighted by atomic mass is 10.1. The van der Waals surface area contributed by atoms with Gasteiger partial charge in [0.25, 0.3) is 5.91 Å². The van der Waals surface area contributed by atoms with Gasteiger partial charge in [0.05, 0.1) is 12.8 Å². The van der Waals surface area contributed by atoms with Crippen LogP contribution in [0.3, 0.4) is 0 Å². The van der Waals surface area contributed by atoms with E-state index in [9.17, 15) is 28.7 Å². The number of amides is 3. The van der Waals surface area contributed by atoms with Crippen molar-refractivity contribution in [2.24, 2.45) is 0 Å². The van der Waals surface area contributed by atoms with Crippen molar-refractivity contribution in [3.05, 3.63) is 47.8 Å². The van der Waals surface area contributed by atoms with Crippen LogP contribution in [-0.2, 0) is 20.5 Å². The number of ether oxygens (including phenoxy) is 1. The third-order valence-corrected chi connectivity index (χ3v) is 7.27. The number of aromatic nitrogens is 2. The molecule has 218 valence electrons. The summed E-state index contributed by atoms with van der Waals surface area (Å²) in [4.78, 5) is 70.0. The number of aryl methyl sites for hydroxylation is 1. The van der Waals surface area contributed by atoms with E-state index >= 15 is 0 Å². The van der Waals surface area contributed by atoms with Crippen LogP contribution >= 0.6 is 7.60 Å². The predicted octanol–water partition coefficient (Wildman–Crippen LogP) is 2.84. The maximum Gasteiger partial charge on any atom is 0.409 e. The number of benzene rings is 1. The van der Waals surface area contributed by atoms with Crippen LogP contribution in [0.5, 0.6) is 0 Å². The molecule has 0 saturated carbocycles. The lowest BCUT2D eigenvalue weighted by Crippen LogP contribution is -2.56. The molecule has 2 aromatic rings. The van der Waals surface area contributed by atoms with E-state index in [-0.39, 0.29) is 31.9 Å². The third-order valence-electron chi connectivity index (χ3n) is 6.43. The lowest BCUT2D eigenvalue weighted by molar-refractivity contribution is -0.134. The van der Waals surface area contributed by atoms with Crippen molar-refractivity contribution in [2.45, 2.75) is 52.0 Å². The molecule has 1 atom stereocenters. The largest absolute Gasteiger partial charge is 0.449 e. The fraction of sp³-hybridized carbons (Fsp3) is 0.519. The molecule has 0 aliphatic carbocycles. The topological polar surface area (TPSA) is 162 Å². The molecule has 1 aromatic heterocycles. The van der Waals surface area contributed by atoms with Crippen molar-refractivity contribution < 1.29 is 33.5 Å². The number of nitrogens with zero attached hydrogens (tertiary/aromatic N) is 4. The van der Waals surface area contributed by atoms with Crippen molar-refractivity contribution in [1.29, 1.82) is 0 Å². The molecule has 1 aliphatic rings. The molecule has 3 amide bonds. The standard InChI is InChI=1S/C27H38N5O7P/c1-3-5-12-21-18-22(29-24(28-21)20-10-8-7-9-11-20)25(33)30-23(19-40(36,37)38)26(34)31-13-15-32(16-14-31)27(35)39-17-6-4-2/h7-11,18,23H,3-6,12-17,19H2,1-2H3,(H,30,33)(H2,36,37,38). The fourth-order valence-electron chi connectivity index (χ4n) is 4.20. The highest BCUT2D eigenvalue weighted by atomic mass is 31.2. The van der Waals surface area contributed by atoms with Gasteiger partial charge in [-0.3, -0.25) is 14.2 Å². The van der Waals surface area contributed by atoms with Gasteiger partial charge in [-0.25, -0.2) is 14.8 Å². The van der Waals surface area contributed by atoms with Gasteiger partial charge in [0.15, 0.2) is 5.82 Å². The summed E-state index contributed by atoms with van der Waals surface area (Å²) in [6, 6.07) is 9.21. The summed E-state index contributed by atoms with van der Waals surface area (Å²) in [6.45, 7) is 5.05. The number of carbonyl (C=O) groups excluding carboxylic acids is 3. The third kappa shape index (κ3) is 9.39. The van der Waals surface area contributed by atoms with Crippen LogP contribution in [0.2, 0.25) is 0 Å². The second kappa shape index (κ2) is 14.9. The number of hydrogen-bond donors (Lipinski definition) is 3. The summed E-state index contributed by atoms with van der Waals surface area (Å²) in [5.74, 6) is -1.03. The van der Waals surface area contributed by atoms with Gasteiger partial charge in [-0.15, -0.1) is 0 Å². The number of rotatable bonds is 12. The molecule has 1 fully saturated rings. The van der Waals surface area contributed by atoms with Crippen LogP contribution < -0.4 is 5.32 Å². The molecule has 0 bridgehead atoms. The Morgan fingerprint density at radius 3 is 2.27 bits per heavy atom. The number of hydrogen-bond acceptors (Lipinski definition) is 7. The number of carbonyl (C=O) groups is 3. The van der Waals surface area contributed by atoms with E-state index in [1.54, 1.807) is 6.07 Å². The molecular formula is C27H38N5O7P. The monoisotopic (exact) mass is 575 g/mol. The smallest absolute Gasteiger partial charge is 0.409 e. The maximum atomic E-state index is 13.3. The predicted molar refractivity (Wildman–Crippen MR) is 149 cm³/mol. The minimum Gasteiger partial charge on any atom is -0.449 e. The lowest BCUT2D eigenvalue weighted by Gasteiger charge is -2.36. The maximum absolute atomic E-state index is 13.3. The highest BCUT2D eigenvalue weighted by Gasteiger charge is 2.35. The number of unbranched alkanes of at least 4 members (excludes halogenated alkanes) is 2. The summed E-state index contributed by atoms with van der Waals surface area (Å²) in [6.07, 6.45) is 2.72. The van der Waals surface area contributed by atoms with Gasteiger partial charge >= 0.3 is 13.7 Å². The Kier molecular flexibility index (Phi) is 11.6. The molecule has 3 N–H and O–H groups in total. The van der Waals surface area contributed by atoms with E-state index in [2.05, 4.69) is 15.3 Å². The number of piperazine rings is 1. The zero-order chi connectivity index (χ0) is 29.1. The van der Waals surface area contributed by atoms with Crippen molar-refractivity contribution in [1.82, 2.24) is 25.1 Å². The first-order valence-electron chi connectivity index (χ1n) is 13.6. The Bertz CT molecular complexity index is 1200. The normalized spacial score (nSPS) is 14.5. The minimum absolute atomic E-state index is 0.00288. The molecule has 0 radical (unpaired) electrons. The van der Waals surface area contributed by atoms with E-state index in [0.717, 1.165) is 25.7 Å². The minimum atomic E-state index is -4.68. The molecule has 1 aliphatic heterocycles. The van der Waals surface area contributed by atoms with E-state index in [4.69, 9.17) is 4.74 Å². The first-order chi connectivity index (χ1) is 19.1. The van der Waals surface area contributed by atoms with Crippen molar-refractivity contribution in [3.8, 4) is 11.4 Å². The van der Waals surface area contributed by atoms with Crippen LogP contribution in [0.25, 0.3) is 11.4 Å².